The first-order valence-corrected chi connectivity index (χ1v) is 4.15. The lowest BCUT2D eigenvalue weighted by molar-refractivity contribution is -0.141. The van der Waals surface area contributed by atoms with E-state index in [4.69, 9.17) is 0 Å². The van der Waals surface area contributed by atoms with E-state index < -0.39 is 24.8 Å². The first-order valence-electron chi connectivity index (χ1n) is 4.15. The Labute approximate surface area is 75.6 Å². The van der Waals surface area contributed by atoms with Gasteiger partial charge >= 0.3 is 6.18 Å². The minimum Gasteiger partial charge on any atom is -0.295 e. The summed E-state index contributed by atoms with van der Waals surface area (Å²) in [6, 6.07) is 0. The Balaban J connectivity index is 4.02. The van der Waals surface area contributed by atoms with Gasteiger partial charge in [0, 0.05) is 6.42 Å². The van der Waals surface area contributed by atoms with Crippen molar-refractivity contribution in [2.75, 3.05) is 0 Å². The fourth-order valence-corrected chi connectivity index (χ4v) is 0.978. The Morgan fingerprint density at radius 2 is 1.92 bits per heavy atom. The molecule has 0 rings (SSSR count). The van der Waals surface area contributed by atoms with E-state index >= 15 is 0 Å². The zero-order chi connectivity index (χ0) is 10.5. The number of ketones is 1. The number of hydrogen-bond donors (Lipinski definition) is 0. The molecule has 76 valence electrons. The number of Topliss-reactive ketones (excluding diaryl/α,β-unsaturated/α-hetero) is 1. The molecular formula is C9H13F3O. The highest BCUT2D eigenvalue weighted by molar-refractivity contribution is 5.95. The second-order valence-corrected chi connectivity index (χ2v) is 2.71. The molecule has 0 aliphatic heterocycles. The van der Waals surface area contributed by atoms with Gasteiger partial charge in [-0.2, -0.15) is 13.2 Å². The van der Waals surface area contributed by atoms with Crippen molar-refractivity contribution in [3.05, 3.63) is 11.6 Å². The van der Waals surface area contributed by atoms with Gasteiger partial charge in [-0.1, -0.05) is 13.0 Å². The van der Waals surface area contributed by atoms with Crippen molar-refractivity contribution in [1.29, 1.82) is 0 Å². The number of carbonyl (C=O) groups is 1. The molecule has 1 nitrogen and oxygen atoms in total. The SMILES string of the molecule is CC=C(CC)C(=O)CCC(F)(F)F. The average Bonchev–Trinajstić information content (AvgIpc) is 2.02. The molecule has 4 heteroatoms. The summed E-state index contributed by atoms with van der Waals surface area (Å²) >= 11 is 0. The van der Waals surface area contributed by atoms with E-state index in [1.165, 1.54) is 0 Å². The van der Waals surface area contributed by atoms with Crippen LogP contribution in [0.5, 0.6) is 0 Å². The van der Waals surface area contributed by atoms with Crippen molar-refractivity contribution in [2.24, 2.45) is 0 Å². The van der Waals surface area contributed by atoms with Crippen molar-refractivity contribution in [3.63, 3.8) is 0 Å². The van der Waals surface area contributed by atoms with Crippen LogP contribution in [0.1, 0.15) is 33.1 Å². The van der Waals surface area contributed by atoms with Crippen molar-refractivity contribution < 1.29 is 18.0 Å². The summed E-state index contributed by atoms with van der Waals surface area (Å²) < 4.78 is 35.1. The van der Waals surface area contributed by atoms with Gasteiger partial charge in [-0.25, -0.2) is 0 Å². The number of alkyl halides is 3. The zero-order valence-corrected chi connectivity index (χ0v) is 7.74. The molecule has 0 radical (unpaired) electrons. The van der Waals surface area contributed by atoms with Crippen LogP contribution >= 0.6 is 0 Å². The number of carbonyl (C=O) groups excluding carboxylic acids is 1. The van der Waals surface area contributed by atoms with Crippen LogP contribution in [0.2, 0.25) is 0 Å². The van der Waals surface area contributed by atoms with Crippen LogP contribution in [0, 0.1) is 0 Å². The highest BCUT2D eigenvalue weighted by atomic mass is 19.4. The van der Waals surface area contributed by atoms with Crippen molar-refractivity contribution in [2.45, 2.75) is 39.3 Å². The minimum absolute atomic E-state index is 0.401. The summed E-state index contributed by atoms with van der Waals surface area (Å²) in [6.07, 6.45) is -3.63. The van der Waals surface area contributed by atoms with Gasteiger partial charge in [-0.3, -0.25) is 4.79 Å². The van der Waals surface area contributed by atoms with E-state index in [-0.39, 0.29) is 0 Å². The van der Waals surface area contributed by atoms with Gasteiger partial charge in [0.05, 0.1) is 6.42 Å². The Kier molecular flexibility index (Phi) is 4.73. The normalized spacial score (nSPS) is 13.2. The second kappa shape index (κ2) is 5.04. The van der Waals surface area contributed by atoms with Crippen molar-refractivity contribution >= 4 is 5.78 Å². The third kappa shape index (κ3) is 5.44. The van der Waals surface area contributed by atoms with Crippen molar-refractivity contribution in [1.82, 2.24) is 0 Å². The van der Waals surface area contributed by atoms with Gasteiger partial charge in [0.1, 0.15) is 0 Å². The predicted octanol–water partition coefficient (Wildman–Crippen LogP) is 3.25. The summed E-state index contributed by atoms with van der Waals surface area (Å²) in [7, 11) is 0. The molecule has 0 bridgehead atoms. The van der Waals surface area contributed by atoms with Crippen LogP contribution in [-0.4, -0.2) is 12.0 Å². The first kappa shape index (κ1) is 12.2. The van der Waals surface area contributed by atoms with Gasteiger partial charge in [0.15, 0.2) is 5.78 Å². The van der Waals surface area contributed by atoms with Gasteiger partial charge in [0.2, 0.25) is 0 Å². The molecule has 0 spiro atoms. The Morgan fingerprint density at radius 1 is 1.38 bits per heavy atom. The molecule has 0 aliphatic carbocycles. The molecule has 0 aliphatic rings. The van der Waals surface area contributed by atoms with Gasteiger partial charge in [-0.15, -0.1) is 0 Å². The highest BCUT2D eigenvalue weighted by Gasteiger charge is 2.28. The van der Waals surface area contributed by atoms with Gasteiger partial charge < -0.3 is 0 Å². The average molecular weight is 194 g/mol. The van der Waals surface area contributed by atoms with Gasteiger partial charge in [-0.05, 0) is 18.9 Å². The monoisotopic (exact) mass is 194 g/mol. The van der Waals surface area contributed by atoms with Crippen LogP contribution in [0.4, 0.5) is 13.2 Å². The number of allylic oxidation sites excluding steroid dienone is 2. The third-order valence-corrected chi connectivity index (χ3v) is 1.72. The van der Waals surface area contributed by atoms with Crippen molar-refractivity contribution in [3.8, 4) is 0 Å². The molecule has 0 heterocycles. The van der Waals surface area contributed by atoms with E-state index in [1.54, 1.807) is 19.9 Å². The van der Waals surface area contributed by atoms with E-state index in [0.717, 1.165) is 0 Å². The lowest BCUT2D eigenvalue weighted by atomic mass is 10.0. The number of halogens is 3. The molecule has 0 saturated carbocycles. The predicted molar refractivity (Wildman–Crippen MR) is 44.3 cm³/mol. The molecule has 0 fully saturated rings. The van der Waals surface area contributed by atoms with Crippen LogP contribution in [0.25, 0.3) is 0 Å². The molecule has 0 atom stereocenters. The molecule has 0 aromatic carbocycles. The van der Waals surface area contributed by atoms with Crippen LogP contribution in [-0.2, 0) is 4.79 Å². The standard InChI is InChI=1S/C9H13F3O/c1-3-7(4-2)8(13)5-6-9(10,11)12/h3H,4-6H2,1-2H3. The van der Waals surface area contributed by atoms with E-state index in [9.17, 15) is 18.0 Å². The largest absolute Gasteiger partial charge is 0.389 e. The maximum absolute atomic E-state index is 11.7. The Bertz CT molecular complexity index is 203. The smallest absolute Gasteiger partial charge is 0.295 e. The fourth-order valence-electron chi connectivity index (χ4n) is 0.978. The number of hydrogen-bond acceptors (Lipinski definition) is 1. The summed E-state index contributed by atoms with van der Waals surface area (Å²) in [4.78, 5) is 11.1. The van der Waals surface area contributed by atoms with Crippen LogP contribution < -0.4 is 0 Å². The fraction of sp³-hybridized carbons (Fsp3) is 0.667. The van der Waals surface area contributed by atoms with E-state index in [0.29, 0.717) is 12.0 Å². The quantitative estimate of drug-likeness (QED) is 0.628. The first-order chi connectivity index (χ1) is 5.90. The second-order valence-electron chi connectivity index (χ2n) is 2.71. The maximum atomic E-state index is 11.7. The van der Waals surface area contributed by atoms with E-state index in [2.05, 4.69) is 0 Å². The topological polar surface area (TPSA) is 17.1 Å². The minimum atomic E-state index is -4.23. The lowest BCUT2D eigenvalue weighted by Gasteiger charge is -2.06. The molecule has 0 amide bonds. The Morgan fingerprint density at radius 3 is 2.23 bits per heavy atom. The molecule has 0 aromatic heterocycles. The molecule has 0 aromatic rings. The molecule has 0 saturated heterocycles. The summed E-state index contributed by atoms with van der Waals surface area (Å²) in [5, 5.41) is 0. The molecule has 13 heavy (non-hydrogen) atoms. The Hall–Kier alpha value is -0.800. The third-order valence-electron chi connectivity index (χ3n) is 1.72. The lowest BCUT2D eigenvalue weighted by Crippen LogP contribution is -2.11. The summed E-state index contributed by atoms with van der Waals surface area (Å²) in [6.45, 7) is 3.41. The summed E-state index contributed by atoms with van der Waals surface area (Å²) in [5.74, 6) is -0.401. The summed E-state index contributed by atoms with van der Waals surface area (Å²) in [5.41, 5.74) is 0.476. The molecule has 0 N–H and O–H groups in total. The van der Waals surface area contributed by atoms with Gasteiger partial charge in [0.25, 0.3) is 0 Å². The number of rotatable bonds is 4. The zero-order valence-electron chi connectivity index (χ0n) is 7.74. The van der Waals surface area contributed by atoms with E-state index in [1.807, 2.05) is 0 Å². The van der Waals surface area contributed by atoms with Crippen LogP contribution in [0.15, 0.2) is 11.6 Å². The van der Waals surface area contributed by atoms with Crippen LogP contribution in [0.3, 0.4) is 0 Å². The highest BCUT2D eigenvalue weighted by Crippen LogP contribution is 2.22. The maximum Gasteiger partial charge on any atom is 0.389 e. The molecule has 0 unspecified atom stereocenters. The molecular weight excluding hydrogens is 181 g/mol.